The fourth-order valence-electron chi connectivity index (χ4n) is 4.05. The number of sulfonamides is 1. The van der Waals surface area contributed by atoms with Gasteiger partial charge in [-0.25, -0.2) is 17.8 Å². The van der Waals surface area contributed by atoms with E-state index >= 15 is 0 Å². The molecule has 0 radical (unpaired) electrons. The number of piperidine rings is 1. The van der Waals surface area contributed by atoms with Crippen molar-refractivity contribution in [3.63, 3.8) is 0 Å². The highest BCUT2D eigenvalue weighted by Gasteiger charge is 2.33. The van der Waals surface area contributed by atoms with E-state index < -0.39 is 10.0 Å². The lowest BCUT2D eigenvalue weighted by Crippen LogP contribution is -2.36. The van der Waals surface area contributed by atoms with E-state index in [9.17, 15) is 12.8 Å². The van der Waals surface area contributed by atoms with Crippen LogP contribution >= 0.6 is 0 Å². The van der Waals surface area contributed by atoms with Gasteiger partial charge in [0, 0.05) is 38.3 Å². The number of aromatic nitrogens is 1. The van der Waals surface area contributed by atoms with Crippen LogP contribution in [0.4, 0.5) is 10.2 Å². The van der Waals surface area contributed by atoms with Gasteiger partial charge in [0.05, 0.1) is 0 Å². The highest BCUT2D eigenvalue weighted by atomic mass is 32.2. The van der Waals surface area contributed by atoms with Crippen molar-refractivity contribution in [3.8, 4) is 0 Å². The summed E-state index contributed by atoms with van der Waals surface area (Å²) in [7, 11) is -3.55. The molecule has 0 N–H and O–H groups in total. The van der Waals surface area contributed by atoms with Gasteiger partial charge in [-0.05, 0) is 49.1 Å². The van der Waals surface area contributed by atoms with Gasteiger partial charge in [0.1, 0.15) is 16.5 Å². The summed E-state index contributed by atoms with van der Waals surface area (Å²) in [6.07, 6.45) is 5.37. The quantitative estimate of drug-likeness (QED) is 0.804. The average Bonchev–Trinajstić information content (AvgIpc) is 3.19. The predicted octanol–water partition coefficient (Wildman–Crippen LogP) is 3.39. The van der Waals surface area contributed by atoms with Crippen molar-refractivity contribution in [1.82, 2.24) is 9.29 Å². The number of hydrogen-bond donors (Lipinski definition) is 0. The molecule has 2 aliphatic rings. The third-order valence-corrected chi connectivity index (χ3v) is 7.41. The molecule has 0 spiro atoms. The first kappa shape index (κ1) is 18.4. The van der Waals surface area contributed by atoms with Crippen molar-refractivity contribution in [3.05, 3.63) is 54.0 Å². The highest BCUT2D eigenvalue weighted by molar-refractivity contribution is 7.89. The van der Waals surface area contributed by atoms with E-state index in [1.807, 2.05) is 11.0 Å². The van der Waals surface area contributed by atoms with Gasteiger partial charge in [-0.15, -0.1) is 0 Å². The molecule has 2 saturated heterocycles. The van der Waals surface area contributed by atoms with Crippen LogP contribution in [0.5, 0.6) is 0 Å². The molecule has 3 heterocycles. The Morgan fingerprint density at radius 2 is 1.85 bits per heavy atom. The maximum atomic E-state index is 13.6. The number of pyridine rings is 1. The minimum absolute atomic E-state index is 0.174. The van der Waals surface area contributed by atoms with Crippen LogP contribution in [0.15, 0.2) is 47.5 Å². The van der Waals surface area contributed by atoms with Crippen molar-refractivity contribution >= 4 is 15.8 Å². The van der Waals surface area contributed by atoms with Crippen LogP contribution in [-0.4, -0.2) is 43.9 Å². The number of anilines is 1. The summed E-state index contributed by atoms with van der Waals surface area (Å²) in [6.45, 7) is 2.49. The van der Waals surface area contributed by atoms with Crippen LogP contribution in [0.1, 0.15) is 37.2 Å². The van der Waals surface area contributed by atoms with Gasteiger partial charge < -0.3 is 4.90 Å². The molecule has 5 nitrogen and oxygen atoms in total. The van der Waals surface area contributed by atoms with E-state index in [1.165, 1.54) is 6.07 Å². The fraction of sp³-hybridized carbons (Fsp3) is 0.450. The summed E-state index contributed by atoms with van der Waals surface area (Å²) >= 11 is 0. The summed E-state index contributed by atoms with van der Waals surface area (Å²) in [4.78, 5) is 6.72. The van der Waals surface area contributed by atoms with Crippen molar-refractivity contribution < 1.29 is 12.8 Å². The molecule has 1 aromatic carbocycles. The monoisotopic (exact) mass is 389 g/mol. The standard InChI is InChI=1S/C20H24FN3O2S/c21-18-7-4-6-16(14-18)17-9-13-23(15-17)20-19(8-5-10-22-20)27(25,26)24-11-2-1-3-12-24/h4-8,10,14,17H,1-3,9,11-13,15H2/t17-/m0/s1. The highest BCUT2D eigenvalue weighted by Crippen LogP contribution is 2.34. The molecule has 27 heavy (non-hydrogen) atoms. The molecule has 0 amide bonds. The zero-order chi connectivity index (χ0) is 18.9. The number of nitrogens with zero attached hydrogens (tertiary/aromatic N) is 3. The van der Waals surface area contributed by atoms with Crippen LogP contribution in [0.3, 0.4) is 0 Å². The Morgan fingerprint density at radius 3 is 2.63 bits per heavy atom. The molecule has 0 aliphatic carbocycles. The molecular weight excluding hydrogens is 365 g/mol. The molecule has 0 unspecified atom stereocenters. The van der Waals surface area contributed by atoms with Gasteiger partial charge >= 0.3 is 0 Å². The Hall–Kier alpha value is -1.99. The Morgan fingerprint density at radius 1 is 1.04 bits per heavy atom. The Bertz CT molecular complexity index is 913. The largest absolute Gasteiger partial charge is 0.355 e. The van der Waals surface area contributed by atoms with Crippen LogP contribution in [0.2, 0.25) is 0 Å². The number of hydrogen-bond acceptors (Lipinski definition) is 4. The second kappa shape index (κ2) is 7.56. The number of benzene rings is 1. The molecule has 1 aromatic heterocycles. The lowest BCUT2D eigenvalue weighted by Gasteiger charge is -2.28. The van der Waals surface area contributed by atoms with Crippen molar-refractivity contribution in [2.45, 2.75) is 36.5 Å². The average molecular weight is 389 g/mol. The number of halogens is 1. The molecule has 144 valence electrons. The second-order valence-corrected chi connectivity index (χ2v) is 9.18. The SMILES string of the molecule is O=S(=O)(c1cccnc1N1CC[C@H](c2cccc(F)c2)C1)N1CCCCC1. The van der Waals surface area contributed by atoms with E-state index in [0.717, 1.165) is 31.2 Å². The summed E-state index contributed by atoms with van der Waals surface area (Å²) in [5.41, 5.74) is 0.953. The van der Waals surface area contributed by atoms with Crippen molar-refractivity contribution in [1.29, 1.82) is 0 Å². The van der Waals surface area contributed by atoms with E-state index in [0.29, 0.717) is 32.0 Å². The molecule has 4 rings (SSSR count). The molecule has 2 fully saturated rings. The molecular formula is C20H24FN3O2S. The first-order valence-corrected chi connectivity index (χ1v) is 11.0. The fourth-order valence-corrected chi connectivity index (χ4v) is 5.73. The van der Waals surface area contributed by atoms with Crippen LogP contribution in [0.25, 0.3) is 0 Å². The van der Waals surface area contributed by atoms with E-state index in [-0.39, 0.29) is 16.6 Å². The Kier molecular flexibility index (Phi) is 5.14. The van der Waals surface area contributed by atoms with Gasteiger partial charge in [-0.3, -0.25) is 0 Å². The topological polar surface area (TPSA) is 53.5 Å². The third kappa shape index (κ3) is 3.71. The lowest BCUT2D eigenvalue weighted by atomic mass is 9.98. The van der Waals surface area contributed by atoms with Crippen molar-refractivity contribution in [2.24, 2.45) is 0 Å². The van der Waals surface area contributed by atoms with Gasteiger partial charge in [-0.1, -0.05) is 18.6 Å². The zero-order valence-electron chi connectivity index (χ0n) is 15.2. The minimum Gasteiger partial charge on any atom is -0.355 e. The molecule has 7 heteroatoms. The van der Waals surface area contributed by atoms with Crippen molar-refractivity contribution in [2.75, 3.05) is 31.1 Å². The first-order chi connectivity index (χ1) is 13.1. The van der Waals surface area contributed by atoms with E-state index in [2.05, 4.69) is 4.98 Å². The van der Waals surface area contributed by atoms with Gasteiger partial charge in [-0.2, -0.15) is 4.31 Å². The Balaban J connectivity index is 1.60. The number of rotatable bonds is 4. The van der Waals surface area contributed by atoms with E-state index in [1.54, 1.807) is 34.8 Å². The summed E-state index contributed by atoms with van der Waals surface area (Å²) in [5, 5.41) is 0. The predicted molar refractivity (Wildman–Crippen MR) is 103 cm³/mol. The molecule has 2 aromatic rings. The first-order valence-electron chi connectivity index (χ1n) is 9.51. The summed E-state index contributed by atoms with van der Waals surface area (Å²) in [5.74, 6) is 0.451. The molecule has 0 saturated carbocycles. The van der Waals surface area contributed by atoms with E-state index in [4.69, 9.17) is 0 Å². The molecule has 1 atom stereocenters. The molecule has 2 aliphatic heterocycles. The zero-order valence-corrected chi connectivity index (χ0v) is 16.0. The van der Waals surface area contributed by atoms with Crippen LogP contribution < -0.4 is 4.90 Å². The van der Waals surface area contributed by atoms with Crippen LogP contribution in [0, 0.1) is 5.82 Å². The van der Waals surface area contributed by atoms with Gasteiger partial charge in [0.15, 0.2) is 0 Å². The Labute approximate surface area is 159 Å². The second-order valence-electron chi connectivity index (χ2n) is 7.28. The normalized spacial score (nSPS) is 21.5. The minimum atomic E-state index is -3.55. The van der Waals surface area contributed by atoms with Crippen LogP contribution in [-0.2, 0) is 10.0 Å². The molecule has 0 bridgehead atoms. The van der Waals surface area contributed by atoms with Gasteiger partial charge in [0.25, 0.3) is 0 Å². The third-order valence-electron chi connectivity index (χ3n) is 5.49. The maximum Gasteiger partial charge on any atom is 0.246 e. The van der Waals surface area contributed by atoms with Gasteiger partial charge in [0.2, 0.25) is 10.0 Å². The maximum absolute atomic E-state index is 13.6. The lowest BCUT2D eigenvalue weighted by molar-refractivity contribution is 0.346. The summed E-state index contributed by atoms with van der Waals surface area (Å²) in [6, 6.07) is 10.00. The smallest absolute Gasteiger partial charge is 0.246 e. The summed E-state index contributed by atoms with van der Waals surface area (Å²) < 4.78 is 41.5.